The van der Waals surface area contributed by atoms with Crippen molar-refractivity contribution in [2.75, 3.05) is 23.7 Å². The number of nitrogens with two attached hydrogens (primary N) is 1. The van der Waals surface area contributed by atoms with Crippen LogP contribution in [0, 0.1) is 8.99 Å². The van der Waals surface area contributed by atoms with Crippen LogP contribution in [0.25, 0.3) is 0 Å². The molecule has 1 fully saturated rings. The van der Waals surface area contributed by atoms with E-state index in [-0.39, 0.29) is 0 Å². The van der Waals surface area contributed by atoms with Crippen molar-refractivity contribution >= 4 is 34.0 Å². The molecule has 1 saturated heterocycles. The first-order valence-corrected chi connectivity index (χ1v) is 6.86. The van der Waals surface area contributed by atoms with E-state index in [2.05, 4.69) is 59.5 Å². The van der Waals surface area contributed by atoms with Crippen LogP contribution in [0.2, 0.25) is 0 Å². The molecule has 0 saturated carbocycles. The van der Waals surface area contributed by atoms with E-state index in [4.69, 9.17) is 5.73 Å². The SMILES string of the molecule is CC1(C)CCCN(c2ccc(I)cc2N)C1. The summed E-state index contributed by atoms with van der Waals surface area (Å²) >= 11 is 2.30. The van der Waals surface area contributed by atoms with Gasteiger partial charge >= 0.3 is 0 Å². The van der Waals surface area contributed by atoms with Crippen LogP contribution in [0.1, 0.15) is 26.7 Å². The van der Waals surface area contributed by atoms with Crippen LogP contribution in [-0.2, 0) is 0 Å². The van der Waals surface area contributed by atoms with Gasteiger partial charge in [-0.2, -0.15) is 0 Å². The largest absolute Gasteiger partial charge is 0.397 e. The minimum atomic E-state index is 0.410. The van der Waals surface area contributed by atoms with Crippen molar-refractivity contribution in [3.63, 3.8) is 0 Å². The average molecular weight is 330 g/mol. The molecule has 0 radical (unpaired) electrons. The first-order chi connectivity index (χ1) is 7.48. The molecule has 1 heterocycles. The fraction of sp³-hybridized carbons (Fsp3) is 0.538. The van der Waals surface area contributed by atoms with Crippen molar-refractivity contribution in [3.8, 4) is 0 Å². The van der Waals surface area contributed by atoms with Gasteiger partial charge in [0.15, 0.2) is 0 Å². The molecule has 88 valence electrons. The Balaban J connectivity index is 2.23. The molecular formula is C13H19IN2. The van der Waals surface area contributed by atoms with Gasteiger partial charge in [0.25, 0.3) is 0 Å². The molecule has 0 aliphatic carbocycles. The van der Waals surface area contributed by atoms with E-state index in [9.17, 15) is 0 Å². The van der Waals surface area contributed by atoms with Gasteiger partial charge in [-0.3, -0.25) is 0 Å². The van der Waals surface area contributed by atoms with Gasteiger partial charge in [0.1, 0.15) is 0 Å². The third-order valence-electron chi connectivity index (χ3n) is 3.23. The fourth-order valence-corrected chi connectivity index (χ4v) is 2.96. The van der Waals surface area contributed by atoms with Crippen molar-refractivity contribution in [1.82, 2.24) is 0 Å². The van der Waals surface area contributed by atoms with E-state index < -0.39 is 0 Å². The van der Waals surface area contributed by atoms with Gasteiger partial charge in [-0.1, -0.05) is 13.8 Å². The van der Waals surface area contributed by atoms with Crippen molar-refractivity contribution < 1.29 is 0 Å². The summed E-state index contributed by atoms with van der Waals surface area (Å²) in [6.45, 7) is 6.91. The molecular weight excluding hydrogens is 311 g/mol. The summed E-state index contributed by atoms with van der Waals surface area (Å²) < 4.78 is 1.20. The van der Waals surface area contributed by atoms with Gasteiger partial charge in [0, 0.05) is 16.7 Å². The Morgan fingerprint density at radius 2 is 2.12 bits per heavy atom. The van der Waals surface area contributed by atoms with E-state index in [0.717, 1.165) is 18.8 Å². The first-order valence-electron chi connectivity index (χ1n) is 5.78. The van der Waals surface area contributed by atoms with Crippen LogP contribution in [0.4, 0.5) is 11.4 Å². The molecule has 0 amide bonds. The maximum atomic E-state index is 6.09. The second kappa shape index (κ2) is 4.43. The van der Waals surface area contributed by atoms with Crippen molar-refractivity contribution in [3.05, 3.63) is 21.8 Å². The highest BCUT2D eigenvalue weighted by Gasteiger charge is 2.27. The topological polar surface area (TPSA) is 29.3 Å². The summed E-state index contributed by atoms with van der Waals surface area (Å²) in [7, 11) is 0. The number of rotatable bonds is 1. The monoisotopic (exact) mass is 330 g/mol. The van der Waals surface area contributed by atoms with Crippen LogP contribution in [-0.4, -0.2) is 13.1 Å². The molecule has 2 rings (SSSR count). The zero-order valence-corrected chi connectivity index (χ0v) is 12.1. The summed E-state index contributed by atoms with van der Waals surface area (Å²) in [6, 6.07) is 6.34. The Hall–Kier alpha value is -0.450. The molecule has 16 heavy (non-hydrogen) atoms. The fourth-order valence-electron chi connectivity index (χ4n) is 2.44. The molecule has 0 unspecified atom stereocenters. The van der Waals surface area contributed by atoms with Gasteiger partial charge in [-0.25, -0.2) is 0 Å². The van der Waals surface area contributed by atoms with Gasteiger partial charge in [0.05, 0.1) is 11.4 Å². The molecule has 0 atom stereocenters. The lowest BCUT2D eigenvalue weighted by atomic mass is 9.84. The number of hydrogen-bond donors (Lipinski definition) is 1. The molecule has 2 nitrogen and oxygen atoms in total. The van der Waals surface area contributed by atoms with Gasteiger partial charge in [-0.05, 0) is 59.0 Å². The highest BCUT2D eigenvalue weighted by molar-refractivity contribution is 14.1. The number of nitrogen functional groups attached to an aromatic ring is 1. The minimum absolute atomic E-state index is 0.410. The minimum Gasteiger partial charge on any atom is -0.397 e. The highest BCUT2D eigenvalue weighted by atomic mass is 127. The first kappa shape index (κ1) is 12.0. The van der Waals surface area contributed by atoms with Crippen LogP contribution in [0.15, 0.2) is 18.2 Å². The lowest BCUT2D eigenvalue weighted by Gasteiger charge is -2.39. The van der Waals surface area contributed by atoms with E-state index in [1.54, 1.807) is 0 Å². The molecule has 1 aromatic rings. The molecule has 1 aliphatic rings. The van der Waals surface area contributed by atoms with E-state index in [1.165, 1.54) is 22.1 Å². The smallest absolute Gasteiger partial charge is 0.0600 e. The van der Waals surface area contributed by atoms with Crippen LogP contribution in [0.5, 0.6) is 0 Å². The van der Waals surface area contributed by atoms with E-state index >= 15 is 0 Å². The number of piperidine rings is 1. The summed E-state index contributed by atoms with van der Waals surface area (Å²) in [4.78, 5) is 2.43. The Morgan fingerprint density at radius 1 is 1.38 bits per heavy atom. The van der Waals surface area contributed by atoms with E-state index in [1.807, 2.05) is 0 Å². The number of hydrogen-bond acceptors (Lipinski definition) is 2. The third kappa shape index (κ3) is 2.62. The number of benzene rings is 1. The number of halogens is 1. The van der Waals surface area contributed by atoms with Gasteiger partial charge in [0.2, 0.25) is 0 Å². The van der Waals surface area contributed by atoms with Crippen LogP contribution >= 0.6 is 22.6 Å². The summed E-state index contributed by atoms with van der Waals surface area (Å²) in [5.74, 6) is 0. The standard InChI is InChI=1S/C13H19IN2/c1-13(2)6-3-7-16(9-13)12-5-4-10(14)8-11(12)15/h4-5,8H,3,6-7,9,15H2,1-2H3. The maximum absolute atomic E-state index is 6.09. The molecule has 3 heteroatoms. The molecule has 1 aromatic carbocycles. The summed E-state index contributed by atoms with van der Waals surface area (Å²) in [5, 5.41) is 0. The van der Waals surface area contributed by atoms with Crippen molar-refractivity contribution in [2.45, 2.75) is 26.7 Å². The van der Waals surface area contributed by atoms with Crippen LogP contribution in [0.3, 0.4) is 0 Å². The lowest BCUT2D eigenvalue weighted by molar-refractivity contribution is 0.293. The summed E-state index contributed by atoms with van der Waals surface area (Å²) in [6.07, 6.45) is 2.58. The zero-order valence-electron chi connectivity index (χ0n) is 9.96. The average Bonchev–Trinajstić information content (AvgIpc) is 2.15. The molecule has 0 spiro atoms. The van der Waals surface area contributed by atoms with Crippen molar-refractivity contribution in [2.24, 2.45) is 5.41 Å². The Morgan fingerprint density at radius 3 is 2.75 bits per heavy atom. The lowest BCUT2D eigenvalue weighted by Crippen LogP contribution is -2.40. The number of anilines is 2. The molecule has 0 aromatic heterocycles. The van der Waals surface area contributed by atoms with Gasteiger partial charge in [-0.15, -0.1) is 0 Å². The second-order valence-electron chi connectivity index (χ2n) is 5.39. The zero-order chi connectivity index (χ0) is 11.8. The van der Waals surface area contributed by atoms with Crippen LogP contribution < -0.4 is 10.6 Å². The second-order valence-corrected chi connectivity index (χ2v) is 6.64. The summed E-state index contributed by atoms with van der Waals surface area (Å²) in [5.41, 5.74) is 8.61. The maximum Gasteiger partial charge on any atom is 0.0600 e. The normalized spacial score (nSPS) is 19.8. The predicted octanol–water partition coefficient (Wildman–Crippen LogP) is 3.50. The highest BCUT2D eigenvalue weighted by Crippen LogP contribution is 2.34. The quantitative estimate of drug-likeness (QED) is 0.631. The molecule has 2 N–H and O–H groups in total. The Bertz CT molecular complexity index is 388. The molecule has 0 bridgehead atoms. The van der Waals surface area contributed by atoms with E-state index in [0.29, 0.717) is 5.41 Å². The predicted molar refractivity (Wildman–Crippen MR) is 78.8 cm³/mol. The van der Waals surface area contributed by atoms with Gasteiger partial charge < -0.3 is 10.6 Å². The van der Waals surface area contributed by atoms with Crippen molar-refractivity contribution in [1.29, 1.82) is 0 Å². The third-order valence-corrected chi connectivity index (χ3v) is 3.90. The molecule has 1 aliphatic heterocycles. The Labute approximate surface area is 111 Å². The number of nitrogens with zero attached hydrogens (tertiary/aromatic N) is 1. The Kier molecular flexibility index (Phi) is 3.33.